The Balaban J connectivity index is 1.63. The van der Waals surface area contributed by atoms with Crippen LogP contribution < -0.4 is 11.1 Å². The molecule has 5 heteroatoms. The van der Waals surface area contributed by atoms with E-state index < -0.39 is 5.54 Å². The fourth-order valence-electron chi connectivity index (χ4n) is 3.60. The summed E-state index contributed by atoms with van der Waals surface area (Å²) in [6, 6.07) is 1.14. The summed E-state index contributed by atoms with van der Waals surface area (Å²) in [4.78, 5) is 17.2. The van der Waals surface area contributed by atoms with Crippen molar-refractivity contribution < 1.29 is 4.79 Å². The van der Waals surface area contributed by atoms with Gasteiger partial charge in [-0.25, -0.2) is 0 Å². The van der Waals surface area contributed by atoms with Crippen molar-refractivity contribution in [2.75, 3.05) is 32.7 Å². The first-order chi connectivity index (χ1) is 10.0. The van der Waals surface area contributed by atoms with Crippen LogP contribution >= 0.6 is 0 Å². The minimum Gasteiger partial charge on any atom is -0.368 e. The fraction of sp³-hybridized carbons (Fsp3) is 0.938. The molecule has 3 fully saturated rings. The zero-order chi connectivity index (χ0) is 15.0. The number of nitrogens with zero attached hydrogens (tertiary/aromatic N) is 2. The molecular weight excluding hydrogens is 264 g/mol. The molecule has 0 aromatic heterocycles. The maximum atomic E-state index is 12.2. The summed E-state index contributed by atoms with van der Waals surface area (Å²) in [7, 11) is 0. The number of carbonyl (C=O) groups excluding carboxylic acids is 1. The summed E-state index contributed by atoms with van der Waals surface area (Å²) < 4.78 is 0. The monoisotopic (exact) mass is 294 g/mol. The smallest absolute Gasteiger partial charge is 0.239 e. The number of hydrogen-bond acceptors (Lipinski definition) is 4. The van der Waals surface area contributed by atoms with Gasteiger partial charge in [-0.15, -0.1) is 0 Å². The van der Waals surface area contributed by atoms with Crippen LogP contribution in [0.2, 0.25) is 0 Å². The topological polar surface area (TPSA) is 61.6 Å². The third-order valence-electron chi connectivity index (χ3n) is 5.36. The molecule has 21 heavy (non-hydrogen) atoms. The molecule has 1 aliphatic heterocycles. The van der Waals surface area contributed by atoms with E-state index in [0.717, 1.165) is 45.6 Å². The van der Waals surface area contributed by atoms with E-state index in [0.29, 0.717) is 18.0 Å². The Kier molecular flexibility index (Phi) is 4.26. The average molecular weight is 294 g/mol. The number of nitrogens with one attached hydrogen (secondary N) is 1. The van der Waals surface area contributed by atoms with E-state index >= 15 is 0 Å². The Morgan fingerprint density at radius 3 is 2.24 bits per heavy atom. The lowest BCUT2D eigenvalue weighted by atomic mass is 9.90. The van der Waals surface area contributed by atoms with Gasteiger partial charge in [-0.2, -0.15) is 0 Å². The lowest BCUT2D eigenvalue weighted by molar-refractivity contribution is -0.126. The third kappa shape index (κ3) is 3.41. The number of rotatable bonds is 7. The lowest BCUT2D eigenvalue weighted by Gasteiger charge is -2.42. The van der Waals surface area contributed by atoms with Crippen LogP contribution in [0.5, 0.6) is 0 Å². The Morgan fingerprint density at radius 2 is 1.81 bits per heavy atom. The summed E-state index contributed by atoms with van der Waals surface area (Å²) in [6.45, 7) is 9.60. The minimum atomic E-state index is -0.471. The van der Waals surface area contributed by atoms with Crippen molar-refractivity contribution >= 4 is 5.91 Å². The van der Waals surface area contributed by atoms with Crippen LogP contribution in [-0.2, 0) is 4.79 Å². The molecule has 1 heterocycles. The number of amides is 1. The molecule has 1 atom stereocenters. The van der Waals surface area contributed by atoms with Crippen LogP contribution in [0, 0.1) is 5.92 Å². The summed E-state index contributed by atoms with van der Waals surface area (Å²) in [5, 5.41) is 3.62. The van der Waals surface area contributed by atoms with Crippen LogP contribution in [-0.4, -0.2) is 66.1 Å². The molecule has 1 unspecified atom stereocenters. The van der Waals surface area contributed by atoms with Crippen LogP contribution in [0.15, 0.2) is 0 Å². The third-order valence-corrected chi connectivity index (χ3v) is 5.36. The highest BCUT2D eigenvalue weighted by atomic mass is 16.1. The van der Waals surface area contributed by atoms with E-state index in [1.807, 2.05) is 0 Å². The molecule has 3 rings (SSSR count). The Labute approximate surface area is 128 Å². The van der Waals surface area contributed by atoms with Gasteiger partial charge in [0.25, 0.3) is 0 Å². The van der Waals surface area contributed by atoms with Crippen molar-refractivity contribution in [3.63, 3.8) is 0 Å². The number of carbonyl (C=O) groups is 1. The van der Waals surface area contributed by atoms with Crippen LogP contribution in [0.4, 0.5) is 0 Å². The minimum absolute atomic E-state index is 0.136. The maximum Gasteiger partial charge on any atom is 0.239 e. The highest BCUT2D eigenvalue weighted by Crippen LogP contribution is 2.42. The standard InChI is InChI=1S/C16H30N4O/c1-12(2)20-9-7-19(8-10-20)11-16(15(17)21,13-3-4-13)18-14-5-6-14/h12-14,18H,3-11H2,1-2H3,(H2,17,21). The molecule has 5 nitrogen and oxygen atoms in total. The van der Waals surface area contributed by atoms with E-state index in [1.165, 1.54) is 12.8 Å². The number of nitrogens with two attached hydrogens (primary N) is 1. The maximum absolute atomic E-state index is 12.2. The molecule has 2 saturated carbocycles. The molecule has 0 spiro atoms. The molecule has 0 radical (unpaired) electrons. The second-order valence-corrected chi connectivity index (χ2v) is 7.43. The largest absolute Gasteiger partial charge is 0.368 e. The summed E-state index contributed by atoms with van der Waals surface area (Å²) in [6.07, 6.45) is 4.69. The molecule has 0 aromatic carbocycles. The SMILES string of the molecule is CC(C)N1CCN(CC(NC2CC2)(C(N)=O)C2CC2)CC1. The zero-order valence-electron chi connectivity index (χ0n) is 13.5. The molecule has 2 aliphatic carbocycles. The molecule has 120 valence electrons. The number of piperazine rings is 1. The zero-order valence-corrected chi connectivity index (χ0v) is 13.5. The molecule has 1 amide bonds. The molecule has 0 aromatic rings. The number of primary amides is 1. The first kappa shape index (κ1) is 15.3. The van der Waals surface area contributed by atoms with E-state index in [-0.39, 0.29) is 5.91 Å². The molecule has 3 aliphatic rings. The van der Waals surface area contributed by atoms with Gasteiger partial charge in [-0.3, -0.25) is 19.9 Å². The lowest BCUT2D eigenvalue weighted by Crippen LogP contribution is -2.65. The van der Waals surface area contributed by atoms with Crippen molar-refractivity contribution in [3.05, 3.63) is 0 Å². The normalized spacial score (nSPS) is 27.8. The summed E-state index contributed by atoms with van der Waals surface area (Å²) in [5.74, 6) is 0.321. The van der Waals surface area contributed by atoms with Gasteiger partial charge in [-0.1, -0.05) is 0 Å². The molecule has 3 N–H and O–H groups in total. The second kappa shape index (κ2) is 5.86. The average Bonchev–Trinajstić information content (AvgIpc) is 3.31. The van der Waals surface area contributed by atoms with Gasteiger partial charge in [-0.05, 0) is 45.4 Å². The Hall–Kier alpha value is -0.650. The number of hydrogen-bond donors (Lipinski definition) is 2. The van der Waals surface area contributed by atoms with Gasteiger partial charge in [0.1, 0.15) is 5.54 Å². The van der Waals surface area contributed by atoms with Crippen molar-refractivity contribution in [3.8, 4) is 0 Å². The van der Waals surface area contributed by atoms with E-state index in [2.05, 4.69) is 29.0 Å². The Morgan fingerprint density at radius 1 is 1.19 bits per heavy atom. The van der Waals surface area contributed by atoms with Gasteiger partial charge in [0, 0.05) is 44.8 Å². The summed E-state index contributed by atoms with van der Waals surface area (Å²) >= 11 is 0. The highest BCUT2D eigenvalue weighted by molar-refractivity contribution is 5.86. The van der Waals surface area contributed by atoms with Crippen LogP contribution in [0.1, 0.15) is 39.5 Å². The molecule has 1 saturated heterocycles. The first-order valence-electron chi connectivity index (χ1n) is 8.55. The van der Waals surface area contributed by atoms with Crippen molar-refractivity contribution in [1.82, 2.24) is 15.1 Å². The molecular formula is C16H30N4O. The second-order valence-electron chi connectivity index (χ2n) is 7.43. The molecule has 0 bridgehead atoms. The summed E-state index contributed by atoms with van der Waals surface area (Å²) in [5.41, 5.74) is 5.37. The van der Waals surface area contributed by atoms with Crippen molar-refractivity contribution in [2.24, 2.45) is 11.7 Å². The van der Waals surface area contributed by atoms with Gasteiger partial charge in [0.15, 0.2) is 0 Å². The predicted octanol–water partition coefficient (Wildman–Crippen LogP) is 0.399. The van der Waals surface area contributed by atoms with Crippen molar-refractivity contribution in [1.29, 1.82) is 0 Å². The van der Waals surface area contributed by atoms with Crippen LogP contribution in [0.25, 0.3) is 0 Å². The van der Waals surface area contributed by atoms with Gasteiger partial charge < -0.3 is 5.73 Å². The van der Waals surface area contributed by atoms with Crippen LogP contribution in [0.3, 0.4) is 0 Å². The van der Waals surface area contributed by atoms with Gasteiger partial charge in [0.05, 0.1) is 0 Å². The predicted molar refractivity (Wildman–Crippen MR) is 84.0 cm³/mol. The van der Waals surface area contributed by atoms with Gasteiger partial charge in [0.2, 0.25) is 5.91 Å². The van der Waals surface area contributed by atoms with Gasteiger partial charge >= 0.3 is 0 Å². The first-order valence-corrected chi connectivity index (χ1v) is 8.55. The Bertz CT molecular complexity index is 384. The van der Waals surface area contributed by atoms with E-state index in [4.69, 9.17) is 5.73 Å². The quantitative estimate of drug-likeness (QED) is 0.713. The fourth-order valence-corrected chi connectivity index (χ4v) is 3.60. The highest BCUT2D eigenvalue weighted by Gasteiger charge is 2.52. The van der Waals surface area contributed by atoms with E-state index in [1.54, 1.807) is 0 Å². The van der Waals surface area contributed by atoms with Crippen molar-refractivity contribution in [2.45, 2.75) is 57.2 Å². The van der Waals surface area contributed by atoms with E-state index in [9.17, 15) is 4.79 Å².